The molecular weight excluding hydrogens is 449 g/mol. The van der Waals surface area contributed by atoms with Crippen LogP contribution in [0.1, 0.15) is 40.5 Å². The second kappa shape index (κ2) is 10.2. The fourth-order valence-corrected chi connectivity index (χ4v) is 3.86. The van der Waals surface area contributed by atoms with Crippen molar-refractivity contribution < 1.29 is 13.9 Å². The molecular formula is C22H25ClFN7O2. The quantitative estimate of drug-likeness (QED) is 0.482. The van der Waals surface area contributed by atoms with Gasteiger partial charge in [-0.1, -0.05) is 11.6 Å². The Kier molecular flexibility index (Phi) is 7.17. The molecule has 3 aromatic rings. The number of amides is 1. The van der Waals surface area contributed by atoms with Crippen LogP contribution in [0.15, 0.2) is 36.9 Å². The molecule has 4 rings (SSSR count). The third kappa shape index (κ3) is 5.65. The van der Waals surface area contributed by atoms with Crippen molar-refractivity contribution >= 4 is 23.5 Å². The third-order valence-corrected chi connectivity index (χ3v) is 5.61. The predicted octanol–water partition coefficient (Wildman–Crippen LogP) is 2.78. The van der Waals surface area contributed by atoms with E-state index < -0.39 is 17.8 Å². The number of anilines is 1. The van der Waals surface area contributed by atoms with Crippen LogP contribution in [0.5, 0.6) is 0 Å². The lowest BCUT2D eigenvalue weighted by molar-refractivity contribution is 0.0903. The average Bonchev–Trinajstić information content (AvgIpc) is 3.29. The van der Waals surface area contributed by atoms with E-state index in [1.54, 1.807) is 23.0 Å². The van der Waals surface area contributed by atoms with Gasteiger partial charge < -0.3 is 21.1 Å². The molecule has 0 spiro atoms. The zero-order valence-electron chi connectivity index (χ0n) is 18.1. The van der Waals surface area contributed by atoms with Crippen LogP contribution >= 0.6 is 11.6 Å². The maximum atomic E-state index is 13.7. The summed E-state index contributed by atoms with van der Waals surface area (Å²) >= 11 is 5.93. The zero-order valence-corrected chi connectivity index (χ0v) is 18.8. The topological polar surface area (TPSA) is 120 Å². The van der Waals surface area contributed by atoms with Crippen molar-refractivity contribution in [1.29, 1.82) is 0 Å². The molecule has 1 amide bonds. The summed E-state index contributed by atoms with van der Waals surface area (Å²) in [5.74, 6) is 0.169. The van der Waals surface area contributed by atoms with Crippen molar-refractivity contribution in [1.82, 2.24) is 24.8 Å². The summed E-state index contributed by atoms with van der Waals surface area (Å²) in [6.45, 7) is 3.37. The lowest BCUT2D eigenvalue weighted by atomic mass is 10.1. The molecule has 9 nitrogen and oxygen atoms in total. The highest BCUT2D eigenvalue weighted by atomic mass is 35.5. The number of carbonyl (C=O) groups is 1. The lowest BCUT2D eigenvalue weighted by Gasteiger charge is -2.23. The van der Waals surface area contributed by atoms with E-state index in [9.17, 15) is 9.18 Å². The van der Waals surface area contributed by atoms with Gasteiger partial charge in [-0.15, -0.1) is 0 Å². The summed E-state index contributed by atoms with van der Waals surface area (Å²) in [6.07, 6.45) is 6.59. The number of nitrogens with two attached hydrogens (primary N) is 1. The number of ether oxygens (including phenoxy) is 1. The Labute approximate surface area is 195 Å². The van der Waals surface area contributed by atoms with Crippen LogP contribution in [0, 0.1) is 12.7 Å². The van der Waals surface area contributed by atoms with Gasteiger partial charge in [0.1, 0.15) is 23.7 Å². The van der Waals surface area contributed by atoms with Crippen molar-refractivity contribution in [2.75, 3.05) is 25.1 Å². The van der Waals surface area contributed by atoms with Gasteiger partial charge in [0.2, 0.25) is 5.95 Å². The molecule has 0 aliphatic carbocycles. The Bertz CT molecular complexity index is 1110. The van der Waals surface area contributed by atoms with Crippen molar-refractivity contribution in [3.05, 3.63) is 64.6 Å². The Balaban J connectivity index is 1.49. The van der Waals surface area contributed by atoms with Gasteiger partial charge in [-0.2, -0.15) is 4.98 Å². The van der Waals surface area contributed by atoms with Crippen LogP contribution in [-0.4, -0.2) is 51.2 Å². The van der Waals surface area contributed by atoms with Gasteiger partial charge in [0.15, 0.2) is 0 Å². The van der Waals surface area contributed by atoms with Crippen LogP contribution in [0.3, 0.4) is 0 Å². The molecule has 33 heavy (non-hydrogen) atoms. The van der Waals surface area contributed by atoms with E-state index in [1.807, 2.05) is 6.92 Å². The summed E-state index contributed by atoms with van der Waals surface area (Å²) in [4.78, 5) is 26.0. The Hall–Kier alpha value is -3.08. The number of aromatic nitrogens is 4. The summed E-state index contributed by atoms with van der Waals surface area (Å²) in [5, 5.41) is 6.34. The first kappa shape index (κ1) is 23.1. The molecule has 3 heterocycles. The third-order valence-electron chi connectivity index (χ3n) is 5.39. The van der Waals surface area contributed by atoms with Crippen LogP contribution in [0.2, 0.25) is 5.02 Å². The molecule has 1 fully saturated rings. The molecule has 1 saturated heterocycles. The number of benzene rings is 1. The minimum atomic E-state index is -0.619. The van der Waals surface area contributed by atoms with Crippen LogP contribution in [0.4, 0.5) is 10.3 Å². The molecule has 0 unspecified atom stereocenters. The maximum absolute atomic E-state index is 13.7. The summed E-state index contributed by atoms with van der Waals surface area (Å²) in [7, 11) is 0. The highest BCUT2D eigenvalue weighted by Gasteiger charge is 2.19. The largest absolute Gasteiger partial charge is 0.381 e. The Morgan fingerprint density at radius 3 is 2.85 bits per heavy atom. The van der Waals surface area contributed by atoms with Crippen LogP contribution in [-0.2, 0) is 4.74 Å². The smallest absolute Gasteiger partial charge is 0.272 e. The Morgan fingerprint density at radius 2 is 2.12 bits per heavy atom. The van der Waals surface area contributed by atoms with Gasteiger partial charge in [-0.3, -0.25) is 9.36 Å². The molecule has 1 aromatic carbocycles. The van der Waals surface area contributed by atoms with Crippen LogP contribution < -0.4 is 16.4 Å². The van der Waals surface area contributed by atoms with Crippen molar-refractivity contribution in [2.45, 2.75) is 31.8 Å². The molecule has 0 radical (unpaired) electrons. The van der Waals surface area contributed by atoms with Crippen molar-refractivity contribution in [3.63, 3.8) is 0 Å². The number of hydrogen-bond acceptors (Lipinski definition) is 7. The predicted molar refractivity (Wildman–Crippen MR) is 122 cm³/mol. The molecule has 2 aromatic heterocycles. The Morgan fingerprint density at radius 1 is 1.33 bits per heavy atom. The van der Waals surface area contributed by atoms with E-state index in [-0.39, 0.29) is 23.3 Å². The van der Waals surface area contributed by atoms with Gasteiger partial charge in [0, 0.05) is 48.8 Å². The number of nitrogens with zero attached hydrogens (tertiary/aromatic N) is 4. The molecule has 1 aliphatic heterocycles. The van der Waals surface area contributed by atoms with Gasteiger partial charge in [-0.25, -0.2) is 14.4 Å². The van der Waals surface area contributed by atoms with Crippen molar-refractivity contribution in [3.8, 4) is 5.82 Å². The lowest BCUT2D eigenvalue weighted by Crippen LogP contribution is -2.33. The van der Waals surface area contributed by atoms with Gasteiger partial charge in [-0.05, 0) is 43.5 Å². The molecule has 0 saturated carbocycles. The van der Waals surface area contributed by atoms with E-state index in [4.69, 9.17) is 22.1 Å². The number of nitrogens with one attached hydrogen (secondary N) is 2. The fourth-order valence-electron chi connectivity index (χ4n) is 3.63. The summed E-state index contributed by atoms with van der Waals surface area (Å²) in [6, 6.07) is 3.68. The van der Waals surface area contributed by atoms with Gasteiger partial charge in [0.25, 0.3) is 5.91 Å². The molecule has 11 heteroatoms. The van der Waals surface area contributed by atoms with E-state index in [1.165, 1.54) is 18.5 Å². The molecule has 4 N–H and O–H groups in total. The van der Waals surface area contributed by atoms with E-state index in [2.05, 4.69) is 25.6 Å². The van der Waals surface area contributed by atoms with E-state index >= 15 is 0 Å². The molecule has 174 valence electrons. The maximum Gasteiger partial charge on any atom is 0.272 e. The normalized spacial score (nSPS) is 15.3. The highest BCUT2D eigenvalue weighted by Crippen LogP contribution is 2.20. The standard InChI is InChI=1S/C22H25ClFN7O2/c1-13-10-26-22(28-17-2-4-33-5-3-17)30-20(13)31-11-19(27-12-31)21(32)29-18(9-25)14-6-15(23)8-16(24)7-14/h6-8,10-12,17-18H,2-5,9,25H2,1H3,(H,29,32)(H,26,28,30)/t18-/m1/s1. The zero-order chi connectivity index (χ0) is 23.4. The fraction of sp³-hybridized carbons (Fsp3) is 0.364. The second-order valence-electron chi connectivity index (χ2n) is 7.86. The monoisotopic (exact) mass is 473 g/mol. The van der Waals surface area contributed by atoms with E-state index in [0.717, 1.165) is 18.4 Å². The van der Waals surface area contributed by atoms with Gasteiger partial charge in [0.05, 0.1) is 6.04 Å². The minimum absolute atomic E-state index is 0.0679. The highest BCUT2D eigenvalue weighted by molar-refractivity contribution is 6.30. The number of halogens is 2. The number of carbonyl (C=O) groups excluding carboxylic acids is 1. The summed E-state index contributed by atoms with van der Waals surface area (Å²) in [5.41, 5.74) is 7.28. The number of hydrogen-bond donors (Lipinski definition) is 3. The molecule has 1 atom stereocenters. The first-order valence-corrected chi connectivity index (χ1v) is 11.0. The van der Waals surface area contributed by atoms with Gasteiger partial charge >= 0.3 is 0 Å². The first-order chi connectivity index (χ1) is 15.9. The summed E-state index contributed by atoms with van der Waals surface area (Å²) < 4.78 is 20.8. The molecule has 1 aliphatic rings. The number of imidazole rings is 1. The van der Waals surface area contributed by atoms with Crippen LogP contribution in [0.25, 0.3) is 5.82 Å². The minimum Gasteiger partial charge on any atom is -0.381 e. The number of aryl methyl sites for hydroxylation is 1. The van der Waals surface area contributed by atoms with Crippen molar-refractivity contribution in [2.24, 2.45) is 5.73 Å². The molecule has 0 bridgehead atoms. The second-order valence-corrected chi connectivity index (χ2v) is 8.30. The SMILES string of the molecule is Cc1cnc(NC2CCOCC2)nc1-n1cnc(C(=O)N[C@H](CN)c2cc(F)cc(Cl)c2)c1. The van der Waals surface area contributed by atoms with E-state index in [0.29, 0.717) is 30.5 Å². The first-order valence-electron chi connectivity index (χ1n) is 10.6. The number of rotatable bonds is 7. The average molecular weight is 474 g/mol.